The largest absolute Gasteiger partial charge is 0.423 e. The summed E-state index contributed by atoms with van der Waals surface area (Å²) in [5.74, 6) is -6.68. The molecule has 0 aliphatic carbocycles. The van der Waals surface area contributed by atoms with Crippen molar-refractivity contribution >= 4 is 40.9 Å². The molecule has 2 aliphatic rings. The average molecular weight is 427 g/mol. The van der Waals surface area contributed by atoms with Gasteiger partial charge in [0, 0.05) is 5.02 Å². The standard InChI is InChI=1S/C15H9ClF6N4O2/c1-6-23-10-9(13(25-6,14(17,18)19)15(20,21)22)11(27)24-12(28)26(10)8-4-2-7(16)3-5-8/h2-5,9H,1H3,(H,24,27,28). The van der Waals surface area contributed by atoms with E-state index < -0.39 is 47.4 Å². The number of hydrogen-bond acceptors (Lipinski definition) is 4. The number of hydrogen-bond donors (Lipinski definition) is 1. The highest BCUT2D eigenvalue weighted by Crippen LogP contribution is 2.53. The second-order valence-electron chi connectivity index (χ2n) is 5.93. The van der Waals surface area contributed by atoms with Gasteiger partial charge in [0.05, 0.1) is 5.69 Å². The summed E-state index contributed by atoms with van der Waals surface area (Å²) in [6, 6.07) is 3.64. The van der Waals surface area contributed by atoms with Crippen molar-refractivity contribution in [3.63, 3.8) is 0 Å². The van der Waals surface area contributed by atoms with E-state index in [4.69, 9.17) is 11.6 Å². The summed E-state index contributed by atoms with van der Waals surface area (Å²) in [6.07, 6.45) is -12.0. The lowest BCUT2D eigenvalue weighted by Gasteiger charge is -2.45. The lowest BCUT2D eigenvalue weighted by atomic mass is 9.78. The van der Waals surface area contributed by atoms with Gasteiger partial charge in [0.1, 0.15) is 17.6 Å². The molecule has 1 aromatic carbocycles. The van der Waals surface area contributed by atoms with Gasteiger partial charge in [-0.3, -0.25) is 10.1 Å². The van der Waals surface area contributed by atoms with E-state index in [0.717, 1.165) is 6.92 Å². The Kier molecular flexibility index (Phi) is 4.45. The predicted molar refractivity (Wildman–Crippen MR) is 86.3 cm³/mol. The molecule has 0 bridgehead atoms. The minimum absolute atomic E-state index is 0.133. The van der Waals surface area contributed by atoms with Gasteiger partial charge in [-0.2, -0.15) is 26.3 Å². The van der Waals surface area contributed by atoms with Crippen LogP contribution in [0.25, 0.3) is 0 Å². The molecule has 0 spiro atoms. The monoisotopic (exact) mass is 426 g/mol. The van der Waals surface area contributed by atoms with Gasteiger partial charge in [0.15, 0.2) is 0 Å². The third-order valence-electron chi connectivity index (χ3n) is 4.16. The van der Waals surface area contributed by atoms with Gasteiger partial charge >= 0.3 is 18.4 Å². The van der Waals surface area contributed by atoms with Crippen LogP contribution < -0.4 is 10.2 Å². The van der Waals surface area contributed by atoms with E-state index in [9.17, 15) is 35.9 Å². The Morgan fingerprint density at radius 2 is 1.61 bits per heavy atom. The lowest BCUT2D eigenvalue weighted by molar-refractivity contribution is -0.302. The van der Waals surface area contributed by atoms with Crippen molar-refractivity contribution in [2.24, 2.45) is 15.9 Å². The molecule has 1 saturated heterocycles. The number of rotatable bonds is 1. The second-order valence-corrected chi connectivity index (χ2v) is 6.37. The molecule has 2 heterocycles. The topological polar surface area (TPSA) is 74.1 Å². The maximum absolute atomic E-state index is 13.7. The first-order valence-corrected chi connectivity index (χ1v) is 7.86. The predicted octanol–water partition coefficient (Wildman–Crippen LogP) is 3.71. The van der Waals surface area contributed by atoms with Crippen LogP contribution in [0, 0.1) is 5.92 Å². The number of amides is 3. The zero-order chi connectivity index (χ0) is 21.1. The molecular weight excluding hydrogens is 418 g/mol. The third-order valence-corrected chi connectivity index (χ3v) is 4.42. The number of fused-ring (bicyclic) bond motifs is 1. The van der Waals surface area contributed by atoms with E-state index in [1.54, 1.807) is 0 Å². The normalized spacial score (nSPS) is 22.3. The molecule has 28 heavy (non-hydrogen) atoms. The molecule has 1 aromatic rings. The van der Waals surface area contributed by atoms with Crippen molar-refractivity contribution in [3.05, 3.63) is 29.3 Å². The molecule has 0 aromatic heterocycles. The number of aliphatic imine (C=N–C) groups is 2. The molecule has 0 radical (unpaired) electrons. The van der Waals surface area contributed by atoms with E-state index in [0.29, 0.717) is 4.90 Å². The number of benzene rings is 1. The Balaban J connectivity index is 2.28. The van der Waals surface area contributed by atoms with Crippen LogP contribution in [0.2, 0.25) is 5.02 Å². The minimum atomic E-state index is -6.00. The van der Waals surface area contributed by atoms with Crippen molar-refractivity contribution in [1.82, 2.24) is 5.32 Å². The highest BCUT2D eigenvalue weighted by Gasteiger charge is 2.79. The number of halogens is 7. The van der Waals surface area contributed by atoms with Gasteiger partial charge in [-0.05, 0) is 31.2 Å². The van der Waals surface area contributed by atoms with Crippen LogP contribution in [-0.2, 0) is 4.79 Å². The van der Waals surface area contributed by atoms with Gasteiger partial charge in [0.25, 0.3) is 5.54 Å². The summed E-state index contributed by atoms with van der Waals surface area (Å²) in [4.78, 5) is 31.2. The van der Waals surface area contributed by atoms with Gasteiger partial charge in [0.2, 0.25) is 5.91 Å². The van der Waals surface area contributed by atoms with E-state index in [1.807, 2.05) is 0 Å². The van der Waals surface area contributed by atoms with Crippen LogP contribution in [0.15, 0.2) is 34.3 Å². The number of imide groups is 1. The van der Waals surface area contributed by atoms with E-state index >= 15 is 0 Å². The fourth-order valence-electron chi connectivity index (χ4n) is 3.04. The maximum atomic E-state index is 13.7. The Morgan fingerprint density at radius 1 is 1.07 bits per heavy atom. The number of urea groups is 1. The molecule has 1 fully saturated rings. The third kappa shape index (κ3) is 2.82. The van der Waals surface area contributed by atoms with Crippen LogP contribution in [0.4, 0.5) is 36.8 Å². The molecule has 0 saturated carbocycles. The van der Waals surface area contributed by atoms with Gasteiger partial charge in [-0.15, -0.1) is 0 Å². The Hall–Kier alpha value is -2.63. The smallest absolute Gasteiger partial charge is 0.277 e. The van der Waals surface area contributed by atoms with Gasteiger partial charge in [-0.25, -0.2) is 19.7 Å². The number of carbonyl (C=O) groups is 2. The summed E-state index contributed by atoms with van der Waals surface area (Å²) < 4.78 is 82.2. The number of carbonyl (C=O) groups excluding carboxylic acids is 2. The highest BCUT2D eigenvalue weighted by molar-refractivity contribution is 6.33. The molecule has 3 amide bonds. The fraction of sp³-hybridized carbons (Fsp3) is 0.333. The van der Waals surface area contributed by atoms with E-state index in [-0.39, 0.29) is 10.7 Å². The lowest BCUT2D eigenvalue weighted by Crippen LogP contribution is -2.73. The Morgan fingerprint density at radius 3 is 2.11 bits per heavy atom. The first-order valence-electron chi connectivity index (χ1n) is 7.48. The van der Waals surface area contributed by atoms with E-state index in [2.05, 4.69) is 9.98 Å². The molecule has 13 heteroatoms. The maximum Gasteiger partial charge on any atom is 0.423 e. The van der Waals surface area contributed by atoms with Crippen LogP contribution in [0.1, 0.15) is 6.92 Å². The Labute approximate surface area is 157 Å². The molecule has 1 N–H and O–H groups in total. The molecule has 1 atom stereocenters. The van der Waals surface area contributed by atoms with Crippen LogP contribution in [0.5, 0.6) is 0 Å². The van der Waals surface area contributed by atoms with Crippen molar-refractivity contribution in [2.75, 3.05) is 4.90 Å². The minimum Gasteiger partial charge on any atom is -0.277 e. The summed E-state index contributed by atoms with van der Waals surface area (Å²) >= 11 is 5.72. The zero-order valence-corrected chi connectivity index (χ0v) is 14.4. The summed E-state index contributed by atoms with van der Waals surface area (Å²) in [5, 5.41) is 1.73. The van der Waals surface area contributed by atoms with Gasteiger partial charge in [-0.1, -0.05) is 11.6 Å². The quantitative estimate of drug-likeness (QED) is 0.695. The molecule has 1 unspecified atom stereocenters. The SMILES string of the molecule is CC1=NC(C(F)(F)F)(C(F)(F)F)C2C(=O)NC(=O)N(c3ccc(Cl)cc3)C2=N1. The highest BCUT2D eigenvalue weighted by atomic mass is 35.5. The number of nitrogens with one attached hydrogen (secondary N) is 1. The Bertz CT molecular complexity index is 893. The molecule has 6 nitrogen and oxygen atoms in total. The molecule has 3 rings (SSSR count). The average Bonchev–Trinajstić information content (AvgIpc) is 2.53. The first-order chi connectivity index (χ1) is 12.8. The van der Waals surface area contributed by atoms with Gasteiger partial charge < -0.3 is 0 Å². The summed E-state index contributed by atoms with van der Waals surface area (Å²) in [7, 11) is 0. The van der Waals surface area contributed by atoms with Crippen LogP contribution >= 0.6 is 11.6 Å². The van der Waals surface area contributed by atoms with Crippen molar-refractivity contribution in [1.29, 1.82) is 0 Å². The zero-order valence-electron chi connectivity index (χ0n) is 13.7. The number of alkyl halides is 6. The molecule has 2 aliphatic heterocycles. The second kappa shape index (κ2) is 6.19. The molecule has 150 valence electrons. The summed E-state index contributed by atoms with van der Waals surface area (Å²) in [5.41, 5.74) is -4.93. The van der Waals surface area contributed by atoms with E-state index in [1.165, 1.54) is 29.6 Å². The summed E-state index contributed by atoms with van der Waals surface area (Å²) in [6.45, 7) is 0.812. The van der Waals surface area contributed by atoms with Crippen LogP contribution in [-0.4, -0.2) is 41.5 Å². The van der Waals surface area contributed by atoms with Crippen LogP contribution in [0.3, 0.4) is 0 Å². The number of amidine groups is 2. The number of anilines is 1. The molecular formula is C15H9ClF6N4O2. The first kappa shape index (κ1) is 20.1. The van der Waals surface area contributed by atoms with Crippen molar-refractivity contribution < 1.29 is 35.9 Å². The van der Waals surface area contributed by atoms with Crippen molar-refractivity contribution in [3.8, 4) is 0 Å². The number of nitrogens with zero attached hydrogens (tertiary/aromatic N) is 3. The fourth-order valence-corrected chi connectivity index (χ4v) is 3.17. The van der Waals surface area contributed by atoms with Crippen molar-refractivity contribution in [2.45, 2.75) is 24.8 Å².